The Morgan fingerprint density at radius 3 is 2.35 bits per heavy atom. The van der Waals surface area contributed by atoms with Crippen LogP contribution in [0.15, 0.2) is 12.1 Å². The number of nitrogens with one attached hydrogen (secondary N) is 2. The van der Waals surface area contributed by atoms with E-state index in [2.05, 4.69) is 10.6 Å². The lowest BCUT2D eigenvalue weighted by Gasteiger charge is -2.18. The van der Waals surface area contributed by atoms with Crippen LogP contribution in [0.25, 0.3) is 0 Å². The number of nitrogens with two attached hydrogens (primary N) is 1. The first-order valence-electron chi connectivity index (χ1n) is 6.42. The number of carboxylic acid groups (broad SMARTS) is 1. The third-order valence-electron chi connectivity index (χ3n) is 2.82. The standard InChI is InChI=1S/C14H21N3O3/c1-7(2)16-13(18)9(4)17-10-5-8(3)12(15)11(6-10)14(19)20/h5-7,9,17H,15H2,1-4H3,(H,16,18)(H,19,20). The summed E-state index contributed by atoms with van der Waals surface area (Å²) in [6, 6.07) is 2.74. The number of carbonyl (C=O) groups excluding carboxylic acids is 1. The van der Waals surface area contributed by atoms with Crippen molar-refractivity contribution in [2.45, 2.75) is 39.8 Å². The van der Waals surface area contributed by atoms with Gasteiger partial charge in [0, 0.05) is 17.4 Å². The number of benzene rings is 1. The van der Waals surface area contributed by atoms with E-state index in [9.17, 15) is 9.59 Å². The molecule has 1 rings (SSSR count). The van der Waals surface area contributed by atoms with Crippen LogP contribution in [0.5, 0.6) is 0 Å². The second-order valence-corrected chi connectivity index (χ2v) is 5.09. The molecule has 6 nitrogen and oxygen atoms in total. The average molecular weight is 279 g/mol. The van der Waals surface area contributed by atoms with Crippen LogP contribution in [-0.4, -0.2) is 29.1 Å². The summed E-state index contributed by atoms with van der Waals surface area (Å²) in [7, 11) is 0. The number of anilines is 2. The van der Waals surface area contributed by atoms with Gasteiger partial charge in [-0.3, -0.25) is 4.79 Å². The van der Waals surface area contributed by atoms with Gasteiger partial charge in [0.2, 0.25) is 5.91 Å². The Bertz CT molecular complexity index is 527. The van der Waals surface area contributed by atoms with Crippen LogP contribution >= 0.6 is 0 Å². The maximum Gasteiger partial charge on any atom is 0.337 e. The van der Waals surface area contributed by atoms with Crippen LogP contribution in [0.4, 0.5) is 11.4 Å². The van der Waals surface area contributed by atoms with Crippen molar-refractivity contribution in [2.75, 3.05) is 11.1 Å². The highest BCUT2D eigenvalue weighted by atomic mass is 16.4. The summed E-state index contributed by atoms with van der Waals surface area (Å²) in [4.78, 5) is 22.9. The molecule has 0 radical (unpaired) electrons. The molecule has 20 heavy (non-hydrogen) atoms. The van der Waals surface area contributed by atoms with Gasteiger partial charge in [-0.2, -0.15) is 0 Å². The van der Waals surface area contributed by atoms with Gasteiger partial charge >= 0.3 is 5.97 Å². The molecule has 0 aliphatic rings. The van der Waals surface area contributed by atoms with Crippen molar-refractivity contribution in [3.63, 3.8) is 0 Å². The maximum absolute atomic E-state index is 11.8. The second kappa shape index (κ2) is 6.27. The molecule has 0 saturated heterocycles. The fraction of sp³-hybridized carbons (Fsp3) is 0.429. The van der Waals surface area contributed by atoms with Crippen LogP contribution in [-0.2, 0) is 4.79 Å². The van der Waals surface area contributed by atoms with E-state index >= 15 is 0 Å². The zero-order valence-corrected chi connectivity index (χ0v) is 12.2. The number of rotatable bonds is 5. The third kappa shape index (κ3) is 3.88. The van der Waals surface area contributed by atoms with Gasteiger partial charge in [0.1, 0.15) is 6.04 Å². The highest BCUT2D eigenvalue weighted by Gasteiger charge is 2.16. The summed E-state index contributed by atoms with van der Waals surface area (Å²) in [5, 5.41) is 14.9. The molecule has 1 aromatic carbocycles. The predicted octanol–water partition coefficient (Wildman–Crippen LogP) is 1.60. The number of aromatic carboxylic acids is 1. The van der Waals surface area contributed by atoms with E-state index in [0.29, 0.717) is 11.3 Å². The summed E-state index contributed by atoms with van der Waals surface area (Å²) < 4.78 is 0. The lowest BCUT2D eigenvalue weighted by Crippen LogP contribution is -2.41. The van der Waals surface area contributed by atoms with Crippen molar-refractivity contribution in [1.82, 2.24) is 5.32 Å². The Labute approximate surface area is 118 Å². The molecule has 1 amide bonds. The third-order valence-corrected chi connectivity index (χ3v) is 2.82. The molecule has 0 saturated carbocycles. The predicted molar refractivity (Wildman–Crippen MR) is 78.9 cm³/mol. The van der Waals surface area contributed by atoms with Crippen molar-refractivity contribution in [3.8, 4) is 0 Å². The Hall–Kier alpha value is -2.24. The molecule has 0 spiro atoms. The summed E-state index contributed by atoms with van der Waals surface area (Å²) >= 11 is 0. The summed E-state index contributed by atoms with van der Waals surface area (Å²) in [5.41, 5.74) is 7.20. The normalized spacial score (nSPS) is 12.1. The molecule has 0 aromatic heterocycles. The topological polar surface area (TPSA) is 104 Å². The Morgan fingerprint density at radius 2 is 1.85 bits per heavy atom. The lowest BCUT2D eigenvalue weighted by atomic mass is 10.1. The van der Waals surface area contributed by atoms with Crippen molar-refractivity contribution < 1.29 is 14.7 Å². The number of carboxylic acids is 1. The maximum atomic E-state index is 11.8. The van der Waals surface area contributed by atoms with Crippen molar-refractivity contribution in [2.24, 2.45) is 0 Å². The van der Waals surface area contributed by atoms with Gasteiger partial charge in [0.05, 0.1) is 5.56 Å². The Morgan fingerprint density at radius 1 is 1.25 bits per heavy atom. The average Bonchev–Trinajstić information content (AvgIpc) is 2.32. The van der Waals surface area contributed by atoms with Crippen LogP contribution in [0.3, 0.4) is 0 Å². The smallest absolute Gasteiger partial charge is 0.337 e. The van der Waals surface area contributed by atoms with Gasteiger partial charge < -0.3 is 21.5 Å². The van der Waals surface area contributed by atoms with Crippen LogP contribution in [0.1, 0.15) is 36.7 Å². The molecular weight excluding hydrogens is 258 g/mol. The monoisotopic (exact) mass is 279 g/mol. The van der Waals surface area contributed by atoms with E-state index < -0.39 is 12.0 Å². The number of aryl methyl sites for hydroxylation is 1. The van der Waals surface area contributed by atoms with Gasteiger partial charge in [-0.15, -0.1) is 0 Å². The Kier molecular flexibility index (Phi) is 4.96. The second-order valence-electron chi connectivity index (χ2n) is 5.09. The first kappa shape index (κ1) is 15.8. The summed E-state index contributed by atoms with van der Waals surface area (Å²) in [5.74, 6) is -1.24. The number of amides is 1. The largest absolute Gasteiger partial charge is 0.478 e. The molecule has 0 aliphatic heterocycles. The van der Waals surface area contributed by atoms with E-state index in [-0.39, 0.29) is 23.2 Å². The highest BCUT2D eigenvalue weighted by molar-refractivity contribution is 5.96. The highest BCUT2D eigenvalue weighted by Crippen LogP contribution is 2.23. The molecule has 0 heterocycles. The Balaban J connectivity index is 2.93. The van der Waals surface area contributed by atoms with E-state index in [1.165, 1.54) is 6.07 Å². The first-order chi connectivity index (χ1) is 9.22. The molecule has 6 heteroatoms. The molecule has 110 valence electrons. The quantitative estimate of drug-likeness (QED) is 0.613. The molecule has 0 bridgehead atoms. The van der Waals surface area contributed by atoms with Gasteiger partial charge in [0.25, 0.3) is 0 Å². The van der Waals surface area contributed by atoms with Gasteiger partial charge in [-0.05, 0) is 45.4 Å². The fourth-order valence-corrected chi connectivity index (χ4v) is 1.78. The zero-order valence-electron chi connectivity index (χ0n) is 12.2. The van der Waals surface area contributed by atoms with Crippen molar-refractivity contribution in [3.05, 3.63) is 23.3 Å². The molecule has 5 N–H and O–H groups in total. The number of nitrogen functional groups attached to an aromatic ring is 1. The van der Waals surface area contributed by atoms with Gasteiger partial charge in [-0.25, -0.2) is 4.79 Å². The van der Waals surface area contributed by atoms with Crippen molar-refractivity contribution >= 4 is 23.3 Å². The minimum absolute atomic E-state index is 0.0315. The van der Waals surface area contributed by atoms with Crippen LogP contribution in [0.2, 0.25) is 0 Å². The molecule has 1 aromatic rings. The van der Waals surface area contributed by atoms with E-state index in [1.54, 1.807) is 19.9 Å². The first-order valence-corrected chi connectivity index (χ1v) is 6.42. The van der Waals surface area contributed by atoms with E-state index in [0.717, 1.165) is 0 Å². The minimum Gasteiger partial charge on any atom is -0.478 e. The zero-order chi connectivity index (χ0) is 15.4. The summed E-state index contributed by atoms with van der Waals surface area (Å²) in [6.07, 6.45) is 0. The number of carbonyl (C=O) groups is 2. The number of hydrogen-bond donors (Lipinski definition) is 4. The molecule has 1 atom stereocenters. The SMILES string of the molecule is Cc1cc(NC(C)C(=O)NC(C)C)cc(C(=O)O)c1N. The van der Waals surface area contributed by atoms with Crippen LogP contribution < -0.4 is 16.4 Å². The van der Waals surface area contributed by atoms with Gasteiger partial charge in [-0.1, -0.05) is 0 Å². The van der Waals surface area contributed by atoms with Crippen molar-refractivity contribution in [1.29, 1.82) is 0 Å². The summed E-state index contributed by atoms with van der Waals surface area (Å²) in [6.45, 7) is 7.19. The van der Waals surface area contributed by atoms with E-state index in [1.807, 2.05) is 13.8 Å². The minimum atomic E-state index is -1.09. The lowest BCUT2D eigenvalue weighted by molar-refractivity contribution is -0.122. The van der Waals surface area contributed by atoms with Gasteiger partial charge in [0.15, 0.2) is 0 Å². The molecule has 1 unspecified atom stereocenters. The molecule has 0 aliphatic carbocycles. The van der Waals surface area contributed by atoms with Crippen LogP contribution in [0, 0.1) is 6.92 Å². The van der Waals surface area contributed by atoms with E-state index in [4.69, 9.17) is 10.8 Å². The molecular formula is C14H21N3O3. The number of hydrogen-bond acceptors (Lipinski definition) is 4. The fourth-order valence-electron chi connectivity index (χ4n) is 1.78. The molecule has 0 fully saturated rings.